The van der Waals surface area contributed by atoms with E-state index in [4.69, 9.17) is 4.74 Å². The van der Waals surface area contributed by atoms with E-state index in [1.165, 1.54) is 137 Å². The fourth-order valence-electron chi connectivity index (χ4n) is 16.1. The SMILES string of the molecule is CC(C)c1cc(C(C)C)c(B2c3ccc(-n4c5ccccc5c5cc(C6=CC=C(n7c8ccccc8c8ccccc87)CC6)ccc54)cc3Oc3cc(-n4c5ccccc5c5cc(-c6ccc(-n7c8ccccc8c8ccccc87)cc6)ccc54)ccc32)c(C(C)C)c1. The van der Waals surface area contributed by atoms with Crippen LogP contribution in [0.4, 0.5) is 0 Å². The lowest BCUT2D eigenvalue weighted by atomic mass is 9.34. The lowest BCUT2D eigenvalue weighted by Crippen LogP contribution is -2.57. The molecule has 446 valence electrons. The van der Waals surface area contributed by atoms with E-state index in [-0.39, 0.29) is 6.71 Å². The highest BCUT2D eigenvalue weighted by Crippen LogP contribution is 2.43. The van der Waals surface area contributed by atoms with E-state index >= 15 is 0 Å². The molecule has 93 heavy (non-hydrogen) atoms. The van der Waals surface area contributed by atoms with E-state index in [0.29, 0.717) is 17.8 Å². The van der Waals surface area contributed by atoms with Gasteiger partial charge in [-0.3, -0.25) is 0 Å². The summed E-state index contributed by atoms with van der Waals surface area (Å²) in [7, 11) is 0. The van der Waals surface area contributed by atoms with Gasteiger partial charge in [0.2, 0.25) is 0 Å². The first kappa shape index (κ1) is 55.1. The van der Waals surface area contributed by atoms with Crippen molar-refractivity contribution < 1.29 is 4.74 Å². The van der Waals surface area contributed by atoms with Gasteiger partial charge in [0, 0.05) is 78.0 Å². The van der Waals surface area contributed by atoms with Crippen LogP contribution in [0.5, 0.6) is 11.5 Å². The van der Waals surface area contributed by atoms with E-state index in [0.717, 1.165) is 52.4 Å². The predicted octanol–water partition coefficient (Wildman–Crippen LogP) is 21.5. The van der Waals surface area contributed by atoms with Crippen LogP contribution in [0.25, 0.3) is 127 Å². The predicted molar refractivity (Wildman–Crippen MR) is 396 cm³/mol. The van der Waals surface area contributed by atoms with E-state index < -0.39 is 0 Å². The van der Waals surface area contributed by atoms with Crippen molar-refractivity contribution >= 4 is 122 Å². The van der Waals surface area contributed by atoms with Crippen molar-refractivity contribution in [3.63, 3.8) is 0 Å². The first-order valence-corrected chi connectivity index (χ1v) is 33.3. The molecule has 0 fully saturated rings. The van der Waals surface area contributed by atoms with Crippen LogP contribution in [0.1, 0.15) is 94.4 Å². The third-order valence-corrected chi connectivity index (χ3v) is 20.6. The number of para-hydroxylation sites is 6. The summed E-state index contributed by atoms with van der Waals surface area (Å²) in [5, 5.41) is 10.0. The van der Waals surface area contributed by atoms with Crippen LogP contribution in [0.15, 0.2) is 267 Å². The Balaban J connectivity index is 0.752. The fourth-order valence-corrected chi connectivity index (χ4v) is 16.1. The number of allylic oxidation sites excluding steroid dienone is 4. The Bertz CT molecular complexity index is 5700. The van der Waals surface area contributed by atoms with E-state index in [1.54, 1.807) is 0 Å². The second kappa shape index (κ2) is 21.4. The molecule has 18 rings (SSSR count). The van der Waals surface area contributed by atoms with Crippen LogP contribution in [-0.4, -0.2) is 25.0 Å². The average Bonchev–Trinajstić information content (AvgIpc) is 1.62. The summed E-state index contributed by atoms with van der Waals surface area (Å²) in [6, 6.07) is 95.2. The zero-order valence-corrected chi connectivity index (χ0v) is 53.3. The summed E-state index contributed by atoms with van der Waals surface area (Å²) in [5.74, 6) is 2.77. The highest BCUT2D eigenvalue weighted by atomic mass is 16.5. The first-order valence-electron chi connectivity index (χ1n) is 33.3. The Morgan fingerprint density at radius 1 is 0.312 bits per heavy atom. The number of benzene rings is 12. The quantitative estimate of drug-likeness (QED) is 0.125. The van der Waals surface area contributed by atoms with Gasteiger partial charge in [0.15, 0.2) is 0 Å². The lowest BCUT2D eigenvalue weighted by Gasteiger charge is -2.32. The van der Waals surface area contributed by atoms with Gasteiger partial charge < -0.3 is 23.0 Å². The third-order valence-electron chi connectivity index (χ3n) is 20.6. The Labute approximate surface area is 542 Å². The van der Waals surface area contributed by atoms with Crippen LogP contribution < -0.4 is 21.1 Å². The van der Waals surface area contributed by atoms with E-state index in [1.807, 2.05) is 0 Å². The van der Waals surface area contributed by atoms with E-state index in [2.05, 4.69) is 327 Å². The minimum atomic E-state index is -0.0704. The van der Waals surface area contributed by atoms with Crippen molar-refractivity contribution in [3.8, 4) is 39.7 Å². The molecule has 2 aliphatic rings. The van der Waals surface area contributed by atoms with Crippen molar-refractivity contribution in [1.29, 1.82) is 0 Å². The zero-order valence-electron chi connectivity index (χ0n) is 53.3. The molecule has 5 heterocycles. The highest BCUT2D eigenvalue weighted by Gasteiger charge is 2.38. The smallest absolute Gasteiger partial charge is 0.251 e. The number of rotatable bonds is 10. The molecule has 4 aromatic heterocycles. The number of fused-ring (bicyclic) bond motifs is 14. The fraction of sp³-hybridized carbons (Fsp3) is 0.126. The topological polar surface area (TPSA) is 28.9 Å². The average molecular weight is 1200 g/mol. The highest BCUT2D eigenvalue weighted by molar-refractivity contribution is 6.97. The molecule has 5 nitrogen and oxygen atoms in total. The molecule has 0 N–H and O–H groups in total. The van der Waals surface area contributed by atoms with Gasteiger partial charge in [0.1, 0.15) is 11.5 Å². The lowest BCUT2D eigenvalue weighted by molar-refractivity contribution is 0.487. The molecule has 0 saturated heterocycles. The Morgan fingerprint density at radius 2 is 0.688 bits per heavy atom. The molecule has 0 amide bonds. The molecular formula is C87H69BN4O. The number of hydrogen-bond acceptors (Lipinski definition) is 1. The Morgan fingerprint density at radius 3 is 1.12 bits per heavy atom. The van der Waals surface area contributed by atoms with Crippen LogP contribution >= 0.6 is 0 Å². The second-order valence-corrected chi connectivity index (χ2v) is 26.9. The third kappa shape index (κ3) is 8.61. The molecule has 1 aliphatic carbocycles. The van der Waals surface area contributed by atoms with Gasteiger partial charge >= 0.3 is 0 Å². The van der Waals surface area contributed by atoms with Gasteiger partial charge in [0.25, 0.3) is 6.71 Å². The van der Waals surface area contributed by atoms with Gasteiger partial charge in [0.05, 0.1) is 44.1 Å². The van der Waals surface area contributed by atoms with Gasteiger partial charge in [-0.25, -0.2) is 0 Å². The summed E-state index contributed by atoms with van der Waals surface area (Å²) < 4.78 is 17.3. The van der Waals surface area contributed by atoms with Crippen molar-refractivity contribution in [2.45, 2.75) is 72.1 Å². The number of ether oxygens (including phenoxy) is 1. The van der Waals surface area contributed by atoms with Crippen molar-refractivity contribution in [3.05, 3.63) is 289 Å². The molecule has 16 aromatic rings. The summed E-state index contributed by atoms with van der Waals surface area (Å²) >= 11 is 0. The van der Waals surface area contributed by atoms with Crippen LogP contribution in [0.2, 0.25) is 0 Å². The van der Waals surface area contributed by atoms with Gasteiger partial charge in [-0.2, -0.15) is 0 Å². The largest absolute Gasteiger partial charge is 0.458 e. The second-order valence-electron chi connectivity index (χ2n) is 26.9. The molecule has 0 atom stereocenters. The minimum absolute atomic E-state index is 0.0704. The molecule has 12 aromatic carbocycles. The molecule has 0 unspecified atom stereocenters. The van der Waals surface area contributed by atoms with Crippen molar-refractivity contribution in [1.82, 2.24) is 18.3 Å². The normalized spacial score (nSPS) is 13.5. The van der Waals surface area contributed by atoms with Gasteiger partial charge in [-0.1, -0.05) is 211 Å². The molecular weight excluding hydrogens is 1130 g/mol. The van der Waals surface area contributed by atoms with Crippen molar-refractivity contribution in [2.75, 3.05) is 0 Å². The number of nitrogens with zero attached hydrogens (tertiary/aromatic N) is 4. The van der Waals surface area contributed by atoms with Crippen LogP contribution in [0.3, 0.4) is 0 Å². The number of aromatic nitrogens is 4. The molecule has 0 spiro atoms. The monoisotopic (exact) mass is 1200 g/mol. The minimum Gasteiger partial charge on any atom is -0.458 e. The molecule has 0 saturated carbocycles. The van der Waals surface area contributed by atoms with Gasteiger partial charge in [-0.05, 0) is 171 Å². The van der Waals surface area contributed by atoms with E-state index in [9.17, 15) is 0 Å². The molecule has 1 aliphatic heterocycles. The van der Waals surface area contributed by atoms with Crippen LogP contribution in [-0.2, 0) is 0 Å². The zero-order chi connectivity index (χ0) is 62.3. The summed E-state index contributed by atoms with van der Waals surface area (Å²) in [4.78, 5) is 0. The Hall–Kier alpha value is -10.8. The maximum Gasteiger partial charge on any atom is 0.251 e. The standard InChI is InChI=1S/C87H69BN4O/c1-53(2)60-49-71(54(3)4)87(72(50-60)55(5)6)88-75-43-41-63(91-81-29-17-11-23-69(81)73-47-58(35-45-83(73)91)56-31-37-61(38-32-56)89-77-25-13-7-19-65(77)66-20-8-14-26-78(66)89)51-85(75)93-86-52-64(42-44-76(86)88)92-82-30-18-12-24-70(82)74-48-59(36-46-84(74)92)57-33-39-62(40-34-57)90-79-27-15-9-21-67(79)68-22-10-16-28-80(68)90/h7-33,35-39,41-55H,34,40H2,1-6H3. The summed E-state index contributed by atoms with van der Waals surface area (Å²) in [6.45, 7) is 14.1. The summed E-state index contributed by atoms with van der Waals surface area (Å²) in [5.41, 5.74) is 27.2. The summed E-state index contributed by atoms with van der Waals surface area (Å²) in [6.07, 6.45) is 6.63. The number of hydrogen-bond donors (Lipinski definition) is 0. The Kier molecular flexibility index (Phi) is 12.7. The maximum atomic E-state index is 7.52. The molecule has 0 bridgehead atoms. The van der Waals surface area contributed by atoms with Gasteiger partial charge in [-0.15, -0.1) is 0 Å². The molecule has 0 radical (unpaired) electrons. The molecule has 6 heteroatoms. The maximum absolute atomic E-state index is 7.52. The van der Waals surface area contributed by atoms with Crippen molar-refractivity contribution in [2.24, 2.45) is 0 Å². The first-order chi connectivity index (χ1) is 45.6. The van der Waals surface area contributed by atoms with Crippen LogP contribution in [0, 0.1) is 0 Å².